The fraction of sp³-hybridized carbons (Fsp3) is 0.810. The van der Waals surface area contributed by atoms with E-state index in [1.165, 1.54) is 5.69 Å². The Morgan fingerprint density at radius 3 is 2.81 bits per heavy atom. The molecule has 3 aliphatic heterocycles. The van der Waals surface area contributed by atoms with Crippen LogP contribution in [0, 0.1) is 5.92 Å². The molecule has 6 heteroatoms. The van der Waals surface area contributed by atoms with Gasteiger partial charge in [0.25, 0.3) is 0 Å². The fourth-order valence-corrected chi connectivity index (χ4v) is 5.52. The van der Waals surface area contributed by atoms with Crippen molar-refractivity contribution >= 4 is 5.91 Å². The predicted octanol–water partition coefficient (Wildman–Crippen LogP) is 2.70. The van der Waals surface area contributed by atoms with Crippen molar-refractivity contribution in [2.24, 2.45) is 5.92 Å². The van der Waals surface area contributed by atoms with E-state index in [2.05, 4.69) is 33.6 Å². The lowest BCUT2D eigenvalue weighted by atomic mass is 9.78. The van der Waals surface area contributed by atoms with Crippen LogP contribution in [0.25, 0.3) is 0 Å². The summed E-state index contributed by atoms with van der Waals surface area (Å²) in [6.07, 6.45) is 7.55. The number of aromatic amines is 1. The smallest absolute Gasteiger partial charge is 0.223 e. The number of piperidine rings is 1. The first-order valence-electron chi connectivity index (χ1n) is 10.6. The Morgan fingerprint density at radius 1 is 1.33 bits per heavy atom. The first-order chi connectivity index (χ1) is 12.9. The second-order valence-electron chi connectivity index (χ2n) is 9.18. The summed E-state index contributed by atoms with van der Waals surface area (Å²) in [6.45, 7) is 11.3. The number of ether oxygens (including phenoxy) is 1. The Labute approximate surface area is 162 Å². The van der Waals surface area contributed by atoms with E-state index < -0.39 is 0 Å². The van der Waals surface area contributed by atoms with Crippen LogP contribution in [0.2, 0.25) is 0 Å². The maximum atomic E-state index is 12.7. The lowest BCUT2D eigenvalue weighted by Crippen LogP contribution is -2.58. The molecule has 1 N–H and O–H groups in total. The minimum atomic E-state index is -0.202. The number of nitrogens with zero attached hydrogens (tertiary/aromatic N) is 3. The molecule has 0 unspecified atom stereocenters. The van der Waals surface area contributed by atoms with Crippen molar-refractivity contribution in [3.8, 4) is 0 Å². The third kappa shape index (κ3) is 3.54. The van der Waals surface area contributed by atoms with E-state index in [4.69, 9.17) is 4.74 Å². The zero-order chi connectivity index (χ0) is 19.1. The van der Waals surface area contributed by atoms with Crippen LogP contribution < -0.4 is 0 Å². The average molecular weight is 375 g/mol. The van der Waals surface area contributed by atoms with Crippen LogP contribution >= 0.6 is 0 Å². The van der Waals surface area contributed by atoms with Crippen LogP contribution in [-0.2, 0) is 21.5 Å². The maximum absolute atomic E-state index is 12.7. The molecular weight excluding hydrogens is 340 g/mol. The van der Waals surface area contributed by atoms with Gasteiger partial charge < -0.3 is 19.5 Å². The molecule has 4 rings (SSSR count). The van der Waals surface area contributed by atoms with Crippen molar-refractivity contribution < 1.29 is 9.53 Å². The molecule has 1 aromatic rings. The third-order valence-corrected chi connectivity index (χ3v) is 6.86. The molecule has 6 nitrogen and oxygen atoms in total. The van der Waals surface area contributed by atoms with Gasteiger partial charge in [-0.15, -0.1) is 0 Å². The van der Waals surface area contributed by atoms with Crippen molar-refractivity contribution in [2.45, 2.75) is 70.4 Å². The van der Waals surface area contributed by atoms with Gasteiger partial charge in [0, 0.05) is 51.3 Å². The van der Waals surface area contributed by atoms with Gasteiger partial charge in [-0.25, -0.2) is 4.98 Å². The monoisotopic (exact) mass is 374 g/mol. The van der Waals surface area contributed by atoms with Gasteiger partial charge in [0.1, 0.15) is 0 Å². The first kappa shape index (κ1) is 18.9. The molecule has 1 amide bonds. The molecular formula is C21H34N4O2. The highest BCUT2D eigenvalue weighted by Gasteiger charge is 2.48. The van der Waals surface area contributed by atoms with Crippen molar-refractivity contribution in [2.75, 3.05) is 32.8 Å². The number of nitrogens with one attached hydrogen (secondary N) is 1. The van der Waals surface area contributed by atoms with Gasteiger partial charge in [0.15, 0.2) is 0 Å². The molecule has 1 spiro atoms. The van der Waals surface area contributed by atoms with Gasteiger partial charge in [-0.05, 0) is 45.4 Å². The Kier molecular flexibility index (Phi) is 5.06. The second-order valence-corrected chi connectivity index (χ2v) is 9.18. The van der Waals surface area contributed by atoms with Gasteiger partial charge in [0.2, 0.25) is 5.91 Å². The number of hydrogen-bond acceptors (Lipinski definition) is 4. The van der Waals surface area contributed by atoms with Crippen molar-refractivity contribution in [3.63, 3.8) is 0 Å². The van der Waals surface area contributed by atoms with Crippen molar-refractivity contribution in [1.82, 2.24) is 19.8 Å². The molecule has 0 radical (unpaired) electrons. The molecule has 0 aliphatic carbocycles. The minimum Gasteiger partial charge on any atom is -0.376 e. The molecule has 4 heterocycles. The average Bonchev–Trinajstić information content (AvgIpc) is 3.12. The van der Waals surface area contributed by atoms with E-state index in [0.29, 0.717) is 12.3 Å². The van der Waals surface area contributed by atoms with E-state index in [1.807, 2.05) is 13.3 Å². The second kappa shape index (κ2) is 7.21. The molecule has 27 heavy (non-hydrogen) atoms. The number of imidazole rings is 1. The van der Waals surface area contributed by atoms with E-state index in [0.717, 1.165) is 70.6 Å². The molecule has 0 saturated carbocycles. The Morgan fingerprint density at radius 2 is 2.11 bits per heavy atom. The normalized spacial score (nSPS) is 27.5. The van der Waals surface area contributed by atoms with Crippen molar-refractivity contribution in [3.05, 3.63) is 17.7 Å². The highest BCUT2D eigenvalue weighted by atomic mass is 16.5. The molecule has 0 aromatic carbocycles. The van der Waals surface area contributed by atoms with E-state index in [9.17, 15) is 4.79 Å². The molecule has 0 bridgehead atoms. The van der Waals surface area contributed by atoms with Crippen LogP contribution in [0.1, 0.15) is 64.3 Å². The number of rotatable bonds is 3. The summed E-state index contributed by atoms with van der Waals surface area (Å²) in [7, 11) is 0. The number of hydrogen-bond donors (Lipinski definition) is 1. The lowest BCUT2D eigenvalue weighted by Gasteiger charge is -2.51. The summed E-state index contributed by atoms with van der Waals surface area (Å²) in [5.74, 6) is 0.978. The van der Waals surface area contributed by atoms with Gasteiger partial charge in [-0.2, -0.15) is 0 Å². The molecule has 1 aromatic heterocycles. The number of carbonyl (C=O) groups is 1. The number of amides is 1. The Bertz CT molecular complexity index is 675. The van der Waals surface area contributed by atoms with Crippen LogP contribution in [0.5, 0.6) is 0 Å². The molecule has 2 fully saturated rings. The predicted molar refractivity (Wildman–Crippen MR) is 104 cm³/mol. The number of aromatic nitrogens is 2. The van der Waals surface area contributed by atoms with Gasteiger partial charge in [0.05, 0.1) is 23.2 Å². The standard InChI is InChI=1S/C21H34N4O2/c1-4-18(26)25-9-5-17-19(23-15-22-17)21(25)7-10-24(11-8-21)14-16-6-12-27-20(2,3)13-16/h15-16H,4-14H2,1-3H3,(H,22,23)/t16-/m0/s1. The lowest BCUT2D eigenvalue weighted by molar-refractivity contribution is -0.142. The number of H-pyrrole nitrogens is 1. The van der Waals surface area contributed by atoms with E-state index >= 15 is 0 Å². The largest absolute Gasteiger partial charge is 0.376 e. The maximum Gasteiger partial charge on any atom is 0.223 e. The third-order valence-electron chi connectivity index (χ3n) is 6.86. The Balaban J connectivity index is 1.47. The quantitative estimate of drug-likeness (QED) is 0.884. The summed E-state index contributed by atoms with van der Waals surface area (Å²) >= 11 is 0. The highest BCUT2D eigenvalue weighted by Crippen LogP contribution is 2.43. The molecule has 2 saturated heterocycles. The topological polar surface area (TPSA) is 61.5 Å². The summed E-state index contributed by atoms with van der Waals surface area (Å²) in [6, 6.07) is 0. The summed E-state index contributed by atoms with van der Waals surface area (Å²) in [4.78, 5) is 25.4. The fourth-order valence-electron chi connectivity index (χ4n) is 5.52. The summed E-state index contributed by atoms with van der Waals surface area (Å²) in [5.41, 5.74) is 2.17. The van der Waals surface area contributed by atoms with Gasteiger partial charge in [-0.1, -0.05) is 6.92 Å². The molecule has 1 atom stereocenters. The van der Waals surface area contributed by atoms with Gasteiger partial charge in [-0.3, -0.25) is 4.79 Å². The van der Waals surface area contributed by atoms with Crippen LogP contribution in [-0.4, -0.2) is 64.1 Å². The van der Waals surface area contributed by atoms with Gasteiger partial charge >= 0.3 is 0 Å². The number of carbonyl (C=O) groups excluding carboxylic acids is 1. The molecule has 3 aliphatic rings. The first-order valence-corrected chi connectivity index (χ1v) is 10.6. The van der Waals surface area contributed by atoms with E-state index in [1.54, 1.807) is 0 Å². The van der Waals surface area contributed by atoms with Crippen LogP contribution in [0.4, 0.5) is 0 Å². The summed E-state index contributed by atoms with van der Waals surface area (Å²) < 4.78 is 5.88. The summed E-state index contributed by atoms with van der Waals surface area (Å²) in [5, 5.41) is 0. The number of likely N-dealkylation sites (tertiary alicyclic amines) is 1. The zero-order valence-electron chi connectivity index (χ0n) is 17.1. The van der Waals surface area contributed by atoms with Crippen LogP contribution in [0.15, 0.2) is 6.33 Å². The highest BCUT2D eigenvalue weighted by molar-refractivity contribution is 5.77. The zero-order valence-corrected chi connectivity index (χ0v) is 17.1. The SMILES string of the molecule is CCC(=O)N1CCc2[nH]cnc2C12CCN(C[C@H]1CCOC(C)(C)C1)CC2. The van der Waals surface area contributed by atoms with E-state index in [-0.39, 0.29) is 17.0 Å². The molecule has 150 valence electrons. The van der Waals surface area contributed by atoms with Crippen LogP contribution in [0.3, 0.4) is 0 Å². The number of fused-ring (bicyclic) bond motifs is 2. The Hall–Kier alpha value is -1.40. The minimum absolute atomic E-state index is 0.0115. The van der Waals surface area contributed by atoms with Crippen molar-refractivity contribution in [1.29, 1.82) is 0 Å².